The van der Waals surface area contributed by atoms with Crippen LogP contribution in [-0.2, 0) is 0 Å². The zero-order chi connectivity index (χ0) is 9.59. The van der Waals surface area contributed by atoms with Crippen molar-refractivity contribution in [3.63, 3.8) is 0 Å². The predicted octanol–water partition coefficient (Wildman–Crippen LogP) is 3.17. The van der Waals surface area contributed by atoms with Crippen LogP contribution in [0.4, 0.5) is 0 Å². The third-order valence-electron chi connectivity index (χ3n) is 2.84. The molecular weight excluding hydrogens is 178 g/mol. The molecule has 1 nitrogen and oxygen atoms in total. The van der Waals surface area contributed by atoms with Crippen LogP contribution in [0.3, 0.4) is 0 Å². The Bertz CT molecular complexity index is 374. The quantitative estimate of drug-likeness (QED) is 0.673. The van der Waals surface area contributed by atoms with Gasteiger partial charge >= 0.3 is 0 Å². The van der Waals surface area contributed by atoms with E-state index in [0.717, 1.165) is 12.1 Å². The third-order valence-corrected chi connectivity index (χ3v) is 4.28. The molecule has 0 saturated heterocycles. The van der Waals surface area contributed by atoms with Gasteiger partial charge in [-0.1, -0.05) is 13.0 Å². The first-order valence-electron chi connectivity index (χ1n) is 4.67. The summed E-state index contributed by atoms with van der Waals surface area (Å²) in [6, 6.07) is 0. The molecule has 1 unspecified atom stereocenters. The van der Waals surface area contributed by atoms with Crippen LogP contribution in [0.2, 0.25) is 0 Å². The standard InChI is InChI=1S/C11H15NS/c1-6-4-5-9(12)10-7(2)8(3)13-11(6)10/h5-6H,4,12H2,1-3H3. The molecular formula is C11H15NS. The molecule has 0 radical (unpaired) electrons. The second-order valence-corrected chi connectivity index (χ2v) is 5.08. The van der Waals surface area contributed by atoms with Gasteiger partial charge in [-0.3, -0.25) is 0 Å². The Hall–Kier alpha value is -0.760. The van der Waals surface area contributed by atoms with Crippen LogP contribution in [0.15, 0.2) is 6.08 Å². The fraction of sp³-hybridized carbons (Fsp3) is 0.455. The molecule has 1 aliphatic rings. The maximum Gasteiger partial charge on any atom is 0.0361 e. The Balaban J connectivity index is 2.66. The Morgan fingerprint density at radius 2 is 2.15 bits per heavy atom. The molecule has 1 aromatic heterocycles. The summed E-state index contributed by atoms with van der Waals surface area (Å²) in [7, 11) is 0. The first-order valence-corrected chi connectivity index (χ1v) is 5.48. The number of thiophene rings is 1. The molecule has 0 aromatic carbocycles. The van der Waals surface area contributed by atoms with Gasteiger partial charge in [0, 0.05) is 21.0 Å². The van der Waals surface area contributed by atoms with Gasteiger partial charge in [-0.05, 0) is 31.7 Å². The third kappa shape index (κ3) is 1.20. The Labute approximate surface area is 83.3 Å². The van der Waals surface area contributed by atoms with Crippen molar-refractivity contribution < 1.29 is 0 Å². The van der Waals surface area contributed by atoms with Gasteiger partial charge in [-0.15, -0.1) is 11.3 Å². The van der Waals surface area contributed by atoms with E-state index >= 15 is 0 Å². The number of aryl methyl sites for hydroxylation is 1. The van der Waals surface area contributed by atoms with Gasteiger partial charge in [-0.25, -0.2) is 0 Å². The topological polar surface area (TPSA) is 26.0 Å². The average Bonchev–Trinajstić information content (AvgIpc) is 2.38. The molecule has 70 valence electrons. The lowest BCUT2D eigenvalue weighted by molar-refractivity contribution is 0.783. The minimum absolute atomic E-state index is 0.652. The van der Waals surface area contributed by atoms with E-state index in [1.165, 1.54) is 20.9 Å². The summed E-state index contributed by atoms with van der Waals surface area (Å²) < 4.78 is 0. The van der Waals surface area contributed by atoms with E-state index in [2.05, 4.69) is 26.8 Å². The fourth-order valence-electron chi connectivity index (χ4n) is 1.87. The van der Waals surface area contributed by atoms with Crippen LogP contribution in [0, 0.1) is 13.8 Å². The molecule has 2 heteroatoms. The second kappa shape index (κ2) is 2.88. The van der Waals surface area contributed by atoms with Crippen LogP contribution in [0.1, 0.15) is 40.1 Å². The summed E-state index contributed by atoms with van der Waals surface area (Å²) in [5.74, 6) is 0.652. The maximum atomic E-state index is 5.99. The van der Waals surface area contributed by atoms with E-state index in [4.69, 9.17) is 5.73 Å². The zero-order valence-corrected chi connectivity index (χ0v) is 9.16. The van der Waals surface area contributed by atoms with Crippen LogP contribution < -0.4 is 5.73 Å². The molecule has 1 heterocycles. The number of hydrogen-bond donors (Lipinski definition) is 1. The molecule has 0 fully saturated rings. The highest BCUT2D eigenvalue weighted by Gasteiger charge is 2.22. The fourth-order valence-corrected chi connectivity index (χ4v) is 3.13. The molecule has 2 rings (SSSR count). The molecule has 2 N–H and O–H groups in total. The van der Waals surface area contributed by atoms with Crippen molar-refractivity contribution in [2.45, 2.75) is 33.1 Å². The molecule has 0 aliphatic heterocycles. The van der Waals surface area contributed by atoms with E-state index < -0.39 is 0 Å². The monoisotopic (exact) mass is 193 g/mol. The maximum absolute atomic E-state index is 5.99. The summed E-state index contributed by atoms with van der Waals surface area (Å²) in [5, 5.41) is 0. The van der Waals surface area contributed by atoms with Crippen LogP contribution in [-0.4, -0.2) is 0 Å². The summed E-state index contributed by atoms with van der Waals surface area (Å²) >= 11 is 1.91. The Kier molecular flexibility index (Phi) is 1.95. The predicted molar refractivity (Wildman–Crippen MR) is 59.0 cm³/mol. The number of fused-ring (bicyclic) bond motifs is 1. The van der Waals surface area contributed by atoms with Gasteiger partial charge in [0.05, 0.1) is 0 Å². The van der Waals surface area contributed by atoms with Gasteiger partial charge in [0.15, 0.2) is 0 Å². The SMILES string of the molecule is Cc1sc2c(c1C)C(N)=CCC2C. The number of hydrogen-bond acceptors (Lipinski definition) is 2. The van der Waals surface area contributed by atoms with Crippen molar-refractivity contribution in [1.82, 2.24) is 0 Å². The van der Waals surface area contributed by atoms with Crippen molar-refractivity contribution in [2.75, 3.05) is 0 Å². The smallest absolute Gasteiger partial charge is 0.0361 e. The minimum atomic E-state index is 0.652. The van der Waals surface area contributed by atoms with Gasteiger partial charge in [-0.2, -0.15) is 0 Å². The highest BCUT2D eigenvalue weighted by atomic mass is 32.1. The number of nitrogens with two attached hydrogens (primary N) is 1. The lowest BCUT2D eigenvalue weighted by Gasteiger charge is -2.17. The largest absolute Gasteiger partial charge is 0.398 e. The van der Waals surface area contributed by atoms with Gasteiger partial charge < -0.3 is 5.73 Å². The molecule has 0 spiro atoms. The van der Waals surface area contributed by atoms with Crippen molar-refractivity contribution in [2.24, 2.45) is 5.73 Å². The number of rotatable bonds is 0. The first kappa shape index (κ1) is 8.82. The minimum Gasteiger partial charge on any atom is -0.398 e. The van der Waals surface area contributed by atoms with E-state index in [1.54, 1.807) is 0 Å². The van der Waals surface area contributed by atoms with E-state index in [-0.39, 0.29) is 0 Å². The lowest BCUT2D eigenvalue weighted by Crippen LogP contribution is -2.07. The second-order valence-electron chi connectivity index (χ2n) is 3.82. The van der Waals surface area contributed by atoms with E-state index in [0.29, 0.717) is 5.92 Å². The first-order chi connectivity index (χ1) is 6.11. The summed E-state index contributed by atoms with van der Waals surface area (Å²) in [4.78, 5) is 2.89. The molecule has 0 bridgehead atoms. The van der Waals surface area contributed by atoms with Crippen LogP contribution in [0.5, 0.6) is 0 Å². The van der Waals surface area contributed by atoms with Gasteiger partial charge in [0.2, 0.25) is 0 Å². The normalized spacial score (nSPS) is 21.2. The van der Waals surface area contributed by atoms with Crippen molar-refractivity contribution in [1.29, 1.82) is 0 Å². The molecule has 0 saturated carbocycles. The number of allylic oxidation sites excluding steroid dienone is 1. The summed E-state index contributed by atoms with van der Waals surface area (Å²) in [6.45, 7) is 6.62. The molecule has 1 atom stereocenters. The van der Waals surface area contributed by atoms with E-state index in [9.17, 15) is 0 Å². The van der Waals surface area contributed by atoms with Crippen molar-refractivity contribution in [3.8, 4) is 0 Å². The van der Waals surface area contributed by atoms with Gasteiger partial charge in [0.1, 0.15) is 0 Å². The Morgan fingerprint density at radius 1 is 1.46 bits per heavy atom. The zero-order valence-electron chi connectivity index (χ0n) is 8.35. The molecule has 0 amide bonds. The van der Waals surface area contributed by atoms with Crippen LogP contribution in [0.25, 0.3) is 5.70 Å². The molecule has 1 aromatic rings. The molecule has 1 aliphatic carbocycles. The van der Waals surface area contributed by atoms with E-state index in [1.807, 2.05) is 11.3 Å². The summed E-state index contributed by atoms with van der Waals surface area (Å²) in [5.41, 5.74) is 9.67. The van der Waals surface area contributed by atoms with Gasteiger partial charge in [0.25, 0.3) is 0 Å². The highest BCUT2D eigenvalue weighted by molar-refractivity contribution is 7.12. The lowest BCUT2D eigenvalue weighted by atomic mass is 9.92. The van der Waals surface area contributed by atoms with Crippen LogP contribution >= 0.6 is 11.3 Å². The van der Waals surface area contributed by atoms with Crippen molar-refractivity contribution in [3.05, 3.63) is 27.0 Å². The average molecular weight is 193 g/mol. The van der Waals surface area contributed by atoms with Crippen molar-refractivity contribution >= 4 is 17.0 Å². The highest BCUT2D eigenvalue weighted by Crippen LogP contribution is 2.40. The summed E-state index contributed by atoms with van der Waals surface area (Å²) in [6.07, 6.45) is 3.25. The Morgan fingerprint density at radius 3 is 2.77 bits per heavy atom. The molecule has 13 heavy (non-hydrogen) atoms.